The van der Waals surface area contributed by atoms with E-state index in [4.69, 9.17) is 16.3 Å². The van der Waals surface area contributed by atoms with Gasteiger partial charge in [-0.15, -0.1) is 11.3 Å². The summed E-state index contributed by atoms with van der Waals surface area (Å²) in [4.78, 5) is 1.21. The molecule has 1 rings (SSSR count). The molecule has 1 aromatic rings. The Morgan fingerprint density at radius 2 is 2.31 bits per heavy atom. The molecule has 0 saturated heterocycles. The van der Waals surface area contributed by atoms with Crippen LogP contribution in [0.4, 0.5) is 0 Å². The summed E-state index contributed by atoms with van der Waals surface area (Å²) in [5, 5.41) is 12.8. The second-order valence-electron chi connectivity index (χ2n) is 3.72. The van der Waals surface area contributed by atoms with Crippen molar-refractivity contribution in [1.29, 1.82) is 0 Å². The quantitative estimate of drug-likeness (QED) is 0.794. The largest absolute Gasteiger partial charge is 0.391 e. The first-order valence-electron chi connectivity index (χ1n) is 5.29. The van der Waals surface area contributed by atoms with Crippen LogP contribution >= 0.6 is 22.9 Å². The minimum atomic E-state index is -0.392. The Morgan fingerprint density at radius 1 is 1.56 bits per heavy atom. The maximum Gasteiger partial charge on any atom is 0.0931 e. The molecular weight excluding hydrogens is 246 g/mol. The lowest BCUT2D eigenvalue weighted by Gasteiger charge is -2.14. The zero-order valence-electron chi connectivity index (χ0n) is 9.57. The lowest BCUT2D eigenvalue weighted by Crippen LogP contribution is -2.25. The highest BCUT2D eigenvalue weighted by Gasteiger charge is 2.08. The van der Waals surface area contributed by atoms with Gasteiger partial charge in [-0.1, -0.05) is 11.6 Å². The van der Waals surface area contributed by atoms with Gasteiger partial charge in [-0.3, -0.25) is 0 Å². The van der Waals surface area contributed by atoms with Crippen LogP contribution in [-0.4, -0.2) is 31.5 Å². The van der Waals surface area contributed by atoms with Gasteiger partial charge in [0.2, 0.25) is 0 Å². The lowest BCUT2D eigenvalue weighted by atomic mass is 10.2. The summed E-state index contributed by atoms with van der Waals surface area (Å²) in [6.07, 6.45) is 0.300. The molecule has 0 aliphatic heterocycles. The average molecular weight is 264 g/mol. The molecular formula is C11H18ClNO2S. The minimum absolute atomic E-state index is 0.271. The smallest absolute Gasteiger partial charge is 0.0931 e. The molecule has 0 saturated carbocycles. The summed E-state index contributed by atoms with van der Waals surface area (Å²) in [5.41, 5.74) is 0. The van der Waals surface area contributed by atoms with E-state index in [0.717, 1.165) is 10.9 Å². The van der Waals surface area contributed by atoms with Gasteiger partial charge in [0.1, 0.15) is 0 Å². The minimum Gasteiger partial charge on any atom is -0.391 e. The van der Waals surface area contributed by atoms with Crippen LogP contribution in [0.15, 0.2) is 12.1 Å². The molecule has 3 nitrogen and oxygen atoms in total. The molecule has 0 fully saturated rings. The van der Waals surface area contributed by atoms with Gasteiger partial charge < -0.3 is 15.2 Å². The van der Waals surface area contributed by atoms with E-state index >= 15 is 0 Å². The van der Waals surface area contributed by atoms with E-state index in [1.807, 2.05) is 12.1 Å². The fraction of sp³-hybridized carbons (Fsp3) is 0.636. The van der Waals surface area contributed by atoms with Crippen molar-refractivity contribution < 1.29 is 9.84 Å². The van der Waals surface area contributed by atoms with Gasteiger partial charge in [0, 0.05) is 18.0 Å². The Bertz CT molecular complexity index is 306. The molecule has 1 heterocycles. The molecule has 2 N–H and O–H groups in total. The van der Waals surface area contributed by atoms with Gasteiger partial charge in [-0.25, -0.2) is 0 Å². The summed E-state index contributed by atoms with van der Waals surface area (Å²) < 4.78 is 5.66. The Labute approximate surface area is 105 Å². The molecule has 16 heavy (non-hydrogen) atoms. The van der Waals surface area contributed by atoms with E-state index < -0.39 is 6.10 Å². The van der Waals surface area contributed by atoms with Crippen LogP contribution in [0, 0.1) is 0 Å². The number of hydrogen-bond donors (Lipinski definition) is 2. The number of hydrogen-bond acceptors (Lipinski definition) is 4. The van der Waals surface area contributed by atoms with E-state index in [0.29, 0.717) is 13.0 Å². The van der Waals surface area contributed by atoms with E-state index in [1.165, 1.54) is 4.88 Å². The summed E-state index contributed by atoms with van der Waals surface area (Å²) in [6.45, 7) is 3.24. The maximum absolute atomic E-state index is 9.45. The third-order valence-corrected chi connectivity index (χ3v) is 3.72. The molecule has 2 unspecified atom stereocenters. The van der Waals surface area contributed by atoms with Crippen LogP contribution in [0.1, 0.15) is 24.3 Å². The Hall–Kier alpha value is -0.130. The average Bonchev–Trinajstić information content (AvgIpc) is 2.65. The topological polar surface area (TPSA) is 41.5 Å². The molecule has 0 amide bonds. The number of thiophene rings is 1. The van der Waals surface area contributed by atoms with Crippen LogP contribution < -0.4 is 5.32 Å². The Balaban J connectivity index is 2.22. The van der Waals surface area contributed by atoms with Crippen molar-refractivity contribution in [2.75, 3.05) is 20.3 Å². The van der Waals surface area contributed by atoms with Crippen molar-refractivity contribution >= 4 is 22.9 Å². The van der Waals surface area contributed by atoms with Gasteiger partial charge in [0.05, 0.1) is 17.0 Å². The molecule has 0 spiro atoms. The number of methoxy groups -OCH3 is 1. The van der Waals surface area contributed by atoms with E-state index in [1.54, 1.807) is 18.4 Å². The predicted molar refractivity (Wildman–Crippen MR) is 68.2 cm³/mol. The lowest BCUT2D eigenvalue weighted by molar-refractivity contribution is 0.0591. The van der Waals surface area contributed by atoms with Crippen molar-refractivity contribution in [3.63, 3.8) is 0 Å². The zero-order valence-corrected chi connectivity index (χ0v) is 11.1. The number of nitrogens with one attached hydrogen (secondary N) is 1. The van der Waals surface area contributed by atoms with Crippen molar-refractivity contribution in [3.8, 4) is 0 Å². The van der Waals surface area contributed by atoms with Crippen LogP contribution in [0.5, 0.6) is 0 Å². The van der Waals surface area contributed by atoms with E-state index in [2.05, 4.69) is 12.2 Å². The van der Waals surface area contributed by atoms with Gasteiger partial charge in [0.15, 0.2) is 0 Å². The number of ether oxygens (including phenoxy) is 1. The molecule has 0 bridgehead atoms. The molecule has 0 aliphatic rings. The molecule has 0 aliphatic carbocycles. The number of aliphatic hydroxyl groups excluding tert-OH is 1. The highest BCUT2D eigenvalue weighted by atomic mass is 35.5. The highest BCUT2D eigenvalue weighted by molar-refractivity contribution is 7.16. The van der Waals surface area contributed by atoms with Gasteiger partial charge >= 0.3 is 0 Å². The predicted octanol–water partition coefficient (Wildman–Crippen LogP) is 2.45. The fourth-order valence-electron chi connectivity index (χ4n) is 1.40. The second-order valence-corrected chi connectivity index (χ2v) is 5.46. The fourth-order valence-corrected chi connectivity index (χ4v) is 2.49. The van der Waals surface area contributed by atoms with Gasteiger partial charge in [-0.05, 0) is 32.0 Å². The number of aliphatic hydroxyl groups is 1. The van der Waals surface area contributed by atoms with Crippen molar-refractivity contribution in [2.24, 2.45) is 0 Å². The van der Waals surface area contributed by atoms with Crippen molar-refractivity contribution in [1.82, 2.24) is 5.32 Å². The highest BCUT2D eigenvalue weighted by Crippen LogP contribution is 2.26. The summed E-state index contributed by atoms with van der Waals surface area (Å²) in [5.74, 6) is 0. The molecule has 0 aromatic carbocycles. The summed E-state index contributed by atoms with van der Waals surface area (Å²) in [7, 11) is 1.59. The first-order chi connectivity index (χ1) is 7.63. The summed E-state index contributed by atoms with van der Waals surface area (Å²) >= 11 is 7.45. The van der Waals surface area contributed by atoms with E-state index in [9.17, 15) is 5.11 Å². The first kappa shape index (κ1) is 13.9. The third kappa shape index (κ3) is 4.80. The number of rotatable bonds is 7. The standard InChI is InChI=1S/C11H18ClNO2S/c1-8(10-3-4-11(12)16-10)13-6-5-9(14)7-15-2/h3-4,8-9,13-14H,5-7H2,1-2H3. The van der Waals surface area contributed by atoms with E-state index in [-0.39, 0.29) is 6.04 Å². The monoisotopic (exact) mass is 263 g/mol. The van der Waals surface area contributed by atoms with Crippen LogP contribution in [0.25, 0.3) is 0 Å². The van der Waals surface area contributed by atoms with Crippen LogP contribution in [0.3, 0.4) is 0 Å². The molecule has 92 valence electrons. The second kappa shape index (κ2) is 7.25. The maximum atomic E-state index is 9.45. The molecule has 5 heteroatoms. The van der Waals surface area contributed by atoms with Crippen LogP contribution in [0.2, 0.25) is 4.34 Å². The van der Waals surface area contributed by atoms with Gasteiger partial charge in [-0.2, -0.15) is 0 Å². The Morgan fingerprint density at radius 3 is 2.88 bits per heavy atom. The molecule has 0 radical (unpaired) electrons. The molecule has 2 atom stereocenters. The SMILES string of the molecule is COCC(O)CCNC(C)c1ccc(Cl)s1. The first-order valence-corrected chi connectivity index (χ1v) is 6.48. The van der Waals surface area contributed by atoms with Gasteiger partial charge in [0.25, 0.3) is 0 Å². The van der Waals surface area contributed by atoms with Crippen molar-refractivity contribution in [3.05, 3.63) is 21.3 Å². The normalized spacial score (nSPS) is 15.0. The molecule has 1 aromatic heterocycles. The van der Waals surface area contributed by atoms with Crippen LogP contribution in [-0.2, 0) is 4.74 Å². The number of halogens is 1. The zero-order chi connectivity index (χ0) is 12.0. The van der Waals surface area contributed by atoms with Crippen molar-refractivity contribution in [2.45, 2.75) is 25.5 Å². The Kier molecular flexibility index (Phi) is 6.31. The third-order valence-electron chi connectivity index (χ3n) is 2.31. The summed E-state index contributed by atoms with van der Waals surface area (Å²) in [6, 6.07) is 4.20.